The number of esters is 1. The number of rotatable bonds is 12. The number of allylic oxidation sites excluding steroid dienone is 3. The van der Waals surface area contributed by atoms with Crippen molar-refractivity contribution in [1.29, 1.82) is 0 Å². The summed E-state index contributed by atoms with van der Waals surface area (Å²) in [7, 11) is 6.54. The van der Waals surface area contributed by atoms with Crippen LogP contribution in [-0.4, -0.2) is 176 Å². The van der Waals surface area contributed by atoms with E-state index in [1.807, 2.05) is 33.8 Å². The molecule has 0 saturated carbocycles. The average molecular weight is 869 g/mol. The van der Waals surface area contributed by atoms with Gasteiger partial charge in [-0.25, -0.2) is 0 Å². The zero-order chi connectivity index (χ0) is 45.3. The Bertz CT molecular complexity index is 1420. The van der Waals surface area contributed by atoms with Gasteiger partial charge in [-0.1, -0.05) is 52.3 Å². The Morgan fingerprint density at radius 3 is 2.05 bits per heavy atom. The molecule has 0 aromatic carbocycles. The SMILES string of the molecule is CC[C@H]1OC(=O)C[C@@H](O)[C@H](C)[C@@H](O[C@@H]2O[C@H](C)C(O)C(N(C)C)C2O)[C@@H](CCN2CC(C)CC(C)C2)C[C@@H](C)C(=O)C=CC(C)=C[C@@H]1CO[C@@H]1OC(C)C(O)[C@@H](OC)C1OC. The van der Waals surface area contributed by atoms with Crippen molar-refractivity contribution in [3.63, 3.8) is 0 Å². The molecular weight excluding hydrogens is 789 g/mol. The predicted octanol–water partition coefficient (Wildman–Crippen LogP) is 3.34. The van der Waals surface area contributed by atoms with E-state index < -0.39 is 103 Å². The third-order valence-corrected chi connectivity index (χ3v) is 13.5. The molecule has 15 nitrogen and oxygen atoms in total. The summed E-state index contributed by atoms with van der Waals surface area (Å²) in [6.45, 7) is 18.2. The van der Waals surface area contributed by atoms with Gasteiger partial charge in [-0.15, -0.1) is 0 Å². The molecule has 4 N–H and O–H groups in total. The van der Waals surface area contributed by atoms with Crippen molar-refractivity contribution in [2.24, 2.45) is 35.5 Å². The van der Waals surface area contributed by atoms with E-state index in [-0.39, 0.29) is 24.7 Å². The van der Waals surface area contributed by atoms with Crippen LogP contribution >= 0.6 is 0 Å². The molecule has 15 heteroatoms. The molecule has 61 heavy (non-hydrogen) atoms. The van der Waals surface area contributed by atoms with Crippen molar-refractivity contribution in [2.75, 3.05) is 54.6 Å². The summed E-state index contributed by atoms with van der Waals surface area (Å²) in [6.07, 6.45) is -2.96. The van der Waals surface area contributed by atoms with E-state index in [0.717, 1.165) is 25.2 Å². The molecule has 4 heterocycles. The highest BCUT2D eigenvalue weighted by atomic mass is 16.7. The molecule has 3 saturated heterocycles. The minimum absolute atomic E-state index is 0.0427. The van der Waals surface area contributed by atoms with Gasteiger partial charge in [-0.05, 0) is 90.9 Å². The molecule has 0 radical (unpaired) electrons. The van der Waals surface area contributed by atoms with E-state index >= 15 is 0 Å². The second-order valence-corrected chi connectivity index (χ2v) is 18.9. The molecule has 4 aliphatic heterocycles. The van der Waals surface area contributed by atoms with Gasteiger partial charge in [-0.2, -0.15) is 0 Å². The summed E-state index contributed by atoms with van der Waals surface area (Å²) in [6, 6.07) is -0.684. The number of nitrogens with zero attached hydrogens (tertiary/aromatic N) is 2. The summed E-state index contributed by atoms with van der Waals surface area (Å²) in [5.74, 6) is -1.46. The average Bonchev–Trinajstić information content (AvgIpc) is 3.19. The molecule has 0 bridgehead atoms. The summed E-state index contributed by atoms with van der Waals surface area (Å²) in [5, 5.41) is 45.3. The second-order valence-electron chi connectivity index (χ2n) is 18.9. The first kappa shape index (κ1) is 51.8. The molecular formula is C46H80N2O13. The Hall–Kier alpha value is -1.86. The van der Waals surface area contributed by atoms with E-state index in [2.05, 4.69) is 18.7 Å². The number of cyclic esters (lactones) is 1. The topological polar surface area (TPSA) is 186 Å². The lowest BCUT2D eigenvalue weighted by Gasteiger charge is -2.47. The number of aliphatic hydroxyl groups excluding tert-OH is 4. The number of carbonyl (C=O) groups excluding carboxylic acids is 2. The van der Waals surface area contributed by atoms with Crippen molar-refractivity contribution in [1.82, 2.24) is 9.80 Å². The van der Waals surface area contributed by atoms with Crippen LogP contribution in [-0.2, 0) is 42.7 Å². The molecule has 8 unspecified atom stereocenters. The number of carbonyl (C=O) groups is 2. The van der Waals surface area contributed by atoms with Gasteiger partial charge in [0.15, 0.2) is 18.4 Å². The Kier molecular flexibility index (Phi) is 20.3. The van der Waals surface area contributed by atoms with Gasteiger partial charge < -0.3 is 63.4 Å². The largest absolute Gasteiger partial charge is 0.462 e. The predicted molar refractivity (Wildman–Crippen MR) is 229 cm³/mol. The Morgan fingerprint density at radius 1 is 0.820 bits per heavy atom. The van der Waals surface area contributed by atoms with Crippen LogP contribution in [0.25, 0.3) is 0 Å². The maximum atomic E-state index is 14.0. The highest BCUT2D eigenvalue weighted by molar-refractivity contribution is 5.91. The Morgan fingerprint density at radius 2 is 1.44 bits per heavy atom. The Labute approximate surface area is 365 Å². The van der Waals surface area contributed by atoms with Crippen LogP contribution in [0.4, 0.5) is 0 Å². The highest BCUT2D eigenvalue weighted by Gasteiger charge is 2.48. The van der Waals surface area contributed by atoms with Crippen molar-refractivity contribution in [2.45, 2.75) is 167 Å². The van der Waals surface area contributed by atoms with Gasteiger partial charge >= 0.3 is 5.97 Å². The summed E-state index contributed by atoms with van der Waals surface area (Å²) >= 11 is 0. The lowest BCUT2D eigenvalue weighted by molar-refractivity contribution is -0.304. The Balaban J connectivity index is 1.68. The standard InChI is InChI=1S/C46H80N2O13/c1-13-36-33(24-57-46-44(56-12)43(55-11)40(53)31(8)59-46)19-25(2)14-15-34(49)28(5)20-32(16-17-48-22-26(3)18-27(4)23-48)42(29(6)35(50)21-37(51)60-36)61-45-41(54)38(47(9)10)39(52)30(7)58-45/h14-15,19,26-33,35-36,38-46,50,52-54H,13,16-18,20-24H2,1-12H3/t26?,27?,28-,29+,30-,31?,32+,33-,35-,36-,38?,39?,40?,41?,42-,43-,44?,45+,46-/m1/s1. The maximum Gasteiger partial charge on any atom is 0.308 e. The number of hydrogen-bond acceptors (Lipinski definition) is 15. The van der Waals surface area contributed by atoms with Gasteiger partial charge in [0.25, 0.3) is 0 Å². The summed E-state index contributed by atoms with van der Waals surface area (Å²) in [4.78, 5) is 32.1. The first-order valence-electron chi connectivity index (χ1n) is 22.6. The second kappa shape index (κ2) is 23.9. The fourth-order valence-electron chi connectivity index (χ4n) is 10.0. The van der Waals surface area contributed by atoms with Crippen LogP contribution in [0.1, 0.15) is 87.5 Å². The van der Waals surface area contributed by atoms with E-state index in [1.165, 1.54) is 20.6 Å². The molecule has 3 fully saturated rings. The molecule has 0 aromatic heterocycles. The first-order chi connectivity index (χ1) is 28.8. The summed E-state index contributed by atoms with van der Waals surface area (Å²) in [5.41, 5.74) is 0.761. The molecule has 0 amide bonds. The lowest BCUT2D eigenvalue weighted by Crippen LogP contribution is -2.63. The van der Waals surface area contributed by atoms with Crippen LogP contribution in [0.3, 0.4) is 0 Å². The van der Waals surface area contributed by atoms with E-state index in [9.17, 15) is 30.0 Å². The molecule has 0 spiro atoms. The quantitative estimate of drug-likeness (QED) is 0.209. The van der Waals surface area contributed by atoms with Crippen LogP contribution in [0, 0.1) is 35.5 Å². The minimum atomic E-state index is -1.23. The molecule has 4 aliphatic rings. The normalized spacial score (nSPS) is 43.0. The molecule has 0 aromatic rings. The van der Waals surface area contributed by atoms with E-state index in [4.69, 9.17) is 33.2 Å². The smallest absolute Gasteiger partial charge is 0.308 e. The number of piperidine rings is 1. The van der Waals surface area contributed by atoms with Gasteiger partial charge in [0.2, 0.25) is 0 Å². The number of likely N-dealkylation sites (tertiary alicyclic amines) is 1. The van der Waals surface area contributed by atoms with Gasteiger partial charge in [-0.3, -0.25) is 9.59 Å². The van der Waals surface area contributed by atoms with Crippen LogP contribution < -0.4 is 0 Å². The summed E-state index contributed by atoms with van der Waals surface area (Å²) < 4.78 is 42.6. The van der Waals surface area contributed by atoms with Crippen molar-refractivity contribution >= 4 is 11.8 Å². The van der Waals surface area contributed by atoms with Crippen molar-refractivity contribution in [3.05, 3.63) is 23.8 Å². The molecule has 0 aliphatic carbocycles. The fourth-order valence-corrected chi connectivity index (χ4v) is 10.0. The number of aliphatic hydroxyl groups is 4. The number of methoxy groups -OCH3 is 2. The highest BCUT2D eigenvalue weighted by Crippen LogP contribution is 2.36. The molecule has 19 atom stereocenters. The van der Waals surface area contributed by atoms with Gasteiger partial charge in [0.05, 0.1) is 49.6 Å². The number of likely N-dealkylation sites (N-methyl/N-ethyl adjacent to an activating group) is 1. The zero-order valence-corrected chi connectivity index (χ0v) is 38.9. The van der Waals surface area contributed by atoms with Crippen LogP contribution in [0.5, 0.6) is 0 Å². The first-order valence-corrected chi connectivity index (χ1v) is 22.6. The van der Waals surface area contributed by atoms with E-state index in [0.29, 0.717) is 31.1 Å². The van der Waals surface area contributed by atoms with Gasteiger partial charge in [0.1, 0.15) is 30.5 Å². The fraction of sp³-hybridized carbons (Fsp3) is 0.870. The number of ether oxygens (including phenoxy) is 7. The third-order valence-electron chi connectivity index (χ3n) is 13.5. The van der Waals surface area contributed by atoms with Crippen molar-refractivity contribution in [3.8, 4) is 0 Å². The monoisotopic (exact) mass is 869 g/mol. The van der Waals surface area contributed by atoms with Crippen molar-refractivity contribution < 1.29 is 63.2 Å². The van der Waals surface area contributed by atoms with E-state index in [1.54, 1.807) is 45.0 Å². The molecule has 4 rings (SSSR count). The molecule has 352 valence electrons. The lowest BCUT2D eigenvalue weighted by atomic mass is 9.79. The van der Waals surface area contributed by atoms with Gasteiger partial charge in [0, 0.05) is 45.1 Å². The van der Waals surface area contributed by atoms with Crippen LogP contribution in [0.2, 0.25) is 0 Å². The van der Waals surface area contributed by atoms with Crippen LogP contribution in [0.15, 0.2) is 23.8 Å². The number of hydrogen-bond donors (Lipinski definition) is 4. The minimum Gasteiger partial charge on any atom is -0.462 e. The number of ketones is 1. The maximum absolute atomic E-state index is 14.0. The zero-order valence-electron chi connectivity index (χ0n) is 38.9. The third kappa shape index (κ3) is 13.8.